The number of anilines is 1. The van der Waals surface area contributed by atoms with Gasteiger partial charge in [-0.25, -0.2) is 0 Å². The van der Waals surface area contributed by atoms with Crippen molar-refractivity contribution >= 4 is 17.5 Å². The second-order valence-corrected chi connectivity index (χ2v) is 5.42. The molecule has 0 spiro atoms. The van der Waals surface area contributed by atoms with Crippen molar-refractivity contribution in [3.63, 3.8) is 0 Å². The predicted octanol–water partition coefficient (Wildman–Crippen LogP) is 1.82. The molecule has 5 nitrogen and oxygen atoms in total. The van der Waals surface area contributed by atoms with Crippen LogP contribution in [-0.2, 0) is 4.74 Å². The molecule has 5 heteroatoms. The Morgan fingerprint density at radius 3 is 2.45 bits per heavy atom. The van der Waals surface area contributed by atoms with Crippen LogP contribution in [0.25, 0.3) is 0 Å². The van der Waals surface area contributed by atoms with Crippen molar-refractivity contribution in [1.82, 2.24) is 4.90 Å². The molecule has 0 radical (unpaired) electrons. The van der Waals surface area contributed by atoms with Crippen LogP contribution in [0.4, 0.5) is 5.69 Å². The molecule has 1 aliphatic heterocycles. The summed E-state index contributed by atoms with van der Waals surface area (Å²) in [5, 5.41) is 0. The molecule has 3 rings (SSSR count). The molecule has 0 saturated heterocycles. The number of nitrogen functional groups attached to an aromatic ring is 1. The molecule has 1 fully saturated rings. The minimum Gasteiger partial charge on any atom is -0.398 e. The first-order valence-corrected chi connectivity index (χ1v) is 6.92. The Labute approximate surface area is 117 Å². The van der Waals surface area contributed by atoms with E-state index in [2.05, 4.69) is 0 Å². The summed E-state index contributed by atoms with van der Waals surface area (Å²) in [5.74, 6) is -0.456. The van der Waals surface area contributed by atoms with Gasteiger partial charge in [-0.15, -0.1) is 0 Å². The fourth-order valence-electron chi connectivity index (χ4n) is 3.20. The Bertz CT molecular complexity index is 562. The number of carbonyl (C=O) groups is 2. The Hall–Kier alpha value is -1.88. The zero-order valence-corrected chi connectivity index (χ0v) is 11.5. The number of carbonyl (C=O) groups excluding carboxylic acids is 2. The maximum Gasteiger partial charge on any atom is 0.263 e. The molecule has 0 unspecified atom stereocenters. The van der Waals surface area contributed by atoms with E-state index in [4.69, 9.17) is 10.5 Å². The number of hydrogen-bond donors (Lipinski definition) is 1. The summed E-state index contributed by atoms with van der Waals surface area (Å²) in [7, 11) is 1.70. The normalized spacial score (nSPS) is 25.9. The average Bonchev–Trinajstić information content (AvgIpc) is 2.72. The summed E-state index contributed by atoms with van der Waals surface area (Å²) in [6, 6.07) is 5.01. The van der Waals surface area contributed by atoms with Crippen LogP contribution >= 0.6 is 0 Å². The molecule has 20 heavy (non-hydrogen) atoms. The van der Waals surface area contributed by atoms with Crippen LogP contribution in [0.5, 0.6) is 0 Å². The summed E-state index contributed by atoms with van der Waals surface area (Å²) in [6.07, 6.45) is 3.59. The first-order chi connectivity index (χ1) is 9.63. The van der Waals surface area contributed by atoms with Gasteiger partial charge in [-0.1, -0.05) is 6.07 Å². The minimum atomic E-state index is -0.246. The molecule has 2 aliphatic rings. The van der Waals surface area contributed by atoms with E-state index in [0.717, 1.165) is 25.7 Å². The van der Waals surface area contributed by atoms with Gasteiger partial charge in [-0.2, -0.15) is 0 Å². The van der Waals surface area contributed by atoms with Gasteiger partial charge in [0.15, 0.2) is 0 Å². The third kappa shape index (κ3) is 1.89. The molecule has 1 aromatic carbocycles. The van der Waals surface area contributed by atoms with Crippen molar-refractivity contribution in [3.05, 3.63) is 29.3 Å². The fraction of sp³-hybridized carbons (Fsp3) is 0.467. The van der Waals surface area contributed by atoms with Gasteiger partial charge in [0, 0.05) is 18.8 Å². The van der Waals surface area contributed by atoms with Crippen molar-refractivity contribution in [1.29, 1.82) is 0 Å². The van der Waals surface area contributed by atoms with Gasteiger partial charge in [-0.3, -0.25) is 14.5 Å². The van der Waals surface area contributed by atoms with Gasteiger partial charge in [-0.05, 0) is 37.8 Å². The van der Waals surface area contributed by atoms with Gasteiger partial charge in [0.05, 0.1) is 17.2 Å². The Kier molecular flexibility index (Phi) is 3.22. The number of methoxy groups -OCH3 is 1. The second kappa shape index (κ2) is 4.90. The summed E-state index contributed by atoms with van der Waals surface area (Å²) < 4.78 is 5.33. The quantitative estimate of drug-likeness (QED) is 0.659. The lowest BCUT2D eigenvalue weighted by molar-refractivity contribution is 0.0326. The van der Waals surface area contributed by atoms with Crippen LogP contribution in [0.3, 0.4) is 0 Å². The van der Waals surface area contributed by atoms with E-state index in [1.165, 1.54) is 4.90 Å². The second-order valence-electron chi connectivity index (χ2n) is 5.42. The predicted molar refractivity (Wildman–Crippen MR) is 74.4 cm³/mol. The summed E-state index contributed by atoms with van der Waals surface area (Å²) in [6.45, 7) is 0. The molecular weight excluding hydrogens is 256 g/mol. The maximum absolute atomic E-state index is 12.5. The third-order valence-electron chi connectivity index (χ3n) is 4.32. The van der Waals surface area contributed by atoms with Crippen molar-refractivity contribution in [2.24, 2.45) is 0 Å². The lowest BCUT2D eigenvalue weighted by Crippen LogP contribution is -2.42. The van der Waals surface area contributed by atoms with E-state index < -0.39 is 0 Å². The van der Waals surface area contributed by atoms with Gasteiger partial charge >= 0.3 is 0 Å². The van der Waals surface area contributed by atoms with Gasteiger partial charge in [0.25, 0.3) is 11.8 Å². The topological polar surface area (TPSA) is 72.6 Å². The standard InChI is InChI=1S/C15H18N2O3/c1-20-10-7-5-9(6-8-10)17-14(18)11-3-2-4-12(16)13(11)15(17)19/h2-4,9-10H,5-8,16H2,1H3. The molecule has 1 saturated carbocycles. The highest BCUT2D eigenvalue weighted by Crippen LogP contribution is 2.33. The number of nitrogens with zero attached hydrogens (tertiary/aromatic N) is 1. The molecular formula is C15H18N2O3. The van der Waals surface area contributed by atoms with E-state index in [1.807, 2.05) is 0 Å². The molecule has 106 valence electrons. The van der Waals surface area contributed by atoms with Crippen LogP contribution < -0.4 is 5.73 Å². The number of benzene rings is 1. The molecule has 1 aliphatic carbocycles. The largest absolute Gasteiger partial charge is 0.398 e. The van der Waals surface area contributed by atoms with Crippen LogP contribution in [0.2, 0.25) is 0 Å². The van der Waals surface area contributed by atoms with Gasteiger partial charge < -0.3 is 10.5 Å². The first kappa shape index (κ1) is 13.1. The smallest absolute Gasteiger partial charge is 0.263 e. The van der Waals surface area contributed by atoms with E-state index in [1.54, 1.807) is 25.3 Å². The molecule has 2 amide bonds. The fourth-order valence-corrected chi connectivity index (χ4v) is 3.20. The highest BCUT2D eigenvalue weighted by molar-refractivity contribution is 6.23. The molecule has 2 N–H and O–H groups in total. The van der Waals surface area contributed by atoms with E-state index in [-0.39, 0.29) is 24.0 Å². The van der Waals surface area contributed by atoms with Crippen molar-refractivity contribution in [2.75, 3.05) is 12.8 Å². The maximum atomic E-state index is 12.5. The van der Waals surface area contributed by atoms with E-state index >= 15 is 0 Å². The highest BCUT2D eigenvalue weighted by Gasteiger charge is 2.42. The highest BCUT2D eigenvalue weighted by atomic mass is 16.5. The van der Waals surface area contributed by atoms with Crippen LogP contribution in [0.1, 0.15) is 46.4 Å². The van der Waals surface area contributed by atoms with E-state index in [0.29, 0.717) is 16.8 Å². The molecule has 0 atom stereocenters. The van der Waals surface area contributed by atoms with Crippen LogP contribution in [-0.4, -0.2) is 36.0 Å². The number of fused-ring (bicyclic) bond motifs is 1. The van der Waals surface area contributed by atoms with Crippen LogP contribution in [0, 0.1) is 0 Å². The van der Waals surface area contributed by atoms with Crippen molar-refractivity contribution in [2.45, 2.75) is 37.8 Å². The number of rotatable bonds is 2. The number of ether oxygens (including phenoxy) is 1. The Balaban J connectivity index is 1.86. The minimum absolute atomic E-state index is 0.0341. The average molecular weight is 274 g/mol. The Morgan fingerprint density at radius 1 is 1.15 bits per heavy atom. The number of nitrogens with two attached hydrogens (primary N) is 1. The van der Waals surface area contributed by atoms with Crippen molar-refractivity contribution in [3.8, 4) is 0 Å². The molecule has 0 bridgehead atoms. The summed E-state index contributed by atoms with van der Waals surface area (Å²) in [5.41, 5.74) is 7.02. The Morgan fingerprint density at radius 2 is 1.85 bits per heavy atom. The monoisotopic (exact) mass is 274 g/mol. The number of amides is 2. The number of imide groups is 1. The van der Waals surface area contributed by atoms with Gasteiger partial charge in [0.1, 0.15) is 0 Å². The lowest BCUT2D eigenvalue weighted by Gasteiger charge is -2.32. The molecule has 1 heterocycles. The zero-order chi connectivity index (χ0) is 14.3. The number of hydrogen-bond acceptors (Lipinski definition) is 4. The van der Waals surface area contributed by atoms with Crippen LogP contribution in [0.15, 0.2) is 18.2 Å². The third-order valence-corrected chi connectivity index (χ3v) is 4.32. The van der Waals surface area contributed by atoms with Crippen molar-refractivity contribution < 1.29 is 14.3 Å². The zero-order valence-electron chi connectivity index (χ0n) is 11.5. The summed E-state index contributed by atoms with van der Waals surface area (Å²) in [4.78, 5) is 26.3. The summed E-state index contributed by atoms with van der Waals surface area (Å²) >= 11 is 0. The van der Waals surface area contributed by atoms with E-state index in [9.17, 15) is 9.59 Å². The molecule has 0 aromatic heterocycles. The first-order valence-electron chi connectivity index (χ1n) is 6.92. The van der Waals surface area contributed by atoms with Gasteiger partial charge in [0.2, 0.25) is 0 Å². The SMILES string of the molecule is COC1CCC(N2C(=O)c3cccc(N)c3C2=O)CC1. The lowest BCUT2D eigenvalue weighted by atomic mass is 9.92. The molecule has 1 aromatic rings.